The van der Waals surface area contributed by atoms with Crippen molar-refractivity contribution < 1.29 is 9.18 Å². The van der Waals surface area contributed by atoms with Crippen LogP contribution in [0.4, 0.5) is 4.39 Å². The molecule has 1 aliphatic carbocycles. The zero-order valence-electron chi connectivity index (χ0n) is 9.02. The summed E-state index contributed by atoms with van der Waals surface area (Å²) in [6.45, 7) is 1.78. The van der Waals surface area contributed by atoms with E-state index in [1.165, 1.54) is 12.1 Å². The molecule has 86 valence electrons. The second kappa shape index (κ2) is 4.17. The van der Waals surface area contributed by atoms with Gasteiger partial charge < -0.3 is 5.32 Å². The minimum atomic E-state index is -0.367. The minimum absolute atomic E-state index is 0.0999. The molecule has 0 spiro atoms. The molecular formula is C12H13BrFNO. The molecular weight excluding hydrogens is 273 g/mol. The molecule has 1 aliphatic rings. The Hall–Kier alpha value is -0.900. The van der Waals surface area contributed by atoms with Gasteiger partial charge in [0.15, 0.2) is 0 Å². The molecule has 1 saturated carbocycles. The molecule has 2 rings (SSSR count). The van der Waals surface area contributed by atoms with Crippen LogP contribution in [0.5, 0.6) is 0 Å². The fourth-order valence-corrected chi connectivity index (χ4v) is 2.32. The maximum absolute atomic E-state index is 13.1. The molecule has 1 fully saturated rings. The Morgan fingerprint density at radius 3 is 2.69 bits per heavy atom. The third-order valence-corrected chi connectivity index (χ3v) is 3.87. The van der Waals surface area contributed by atoms with Crippen LogP contribution in [0.3, 0.4) is 0 Å². The summed E-state index contributed by atoms with van der Waals surface area (Å²) in [6, 6.07) is 4.38. The molecule has 0 aliphatic heterocycles. The van der Waals surface area contributed by atoms with Crippen LogP contribution in [-0.2, 0) is 0 Å². The number of nitrogens with one attached hydrogen (secondary N) is 1. The van der Waals surface area contributed by atoms with Crippen molar-refractivity contribution >= 4 is 21.8 Å². The van der Waals surface area contributed by atoms with Gasteiger partial charge >= 0.3 is 0 Å². The molecule has 0 aromatic heterocycles. The number of carbonyl (C=O) groups excluding carboxylic acids is 1. The van der Waals surface area contributed by atoms with E-state index in [9.17, 15) is 9.18 Å². The van der Waals surface area contributed by atoms with Crippen LogP contribution in [0.2, 0.25) is 0 Å². The van der Waals surface area contributed by atoms with Crippen LogP contribution < -0.4 is 5.32 Å². The molecule has 0 radical (unpaired) electrons. The Kier molecular flexibility index (Phi) is 3.02. The number of hydrogen-bond acceptors (Lipinski definition) is 1. The first-order valence-corrected chi connectivity index (χ1v) is 6.32. The lowest BCUT2D eigenvalue weighted by molar-refractivity contribution is 0.0936. The second-order valence-corrected chi connectivity index (χ2v) is 4.95. The quantitative estimate of drug-likeness (QED) is 0.851. The van der Waals surface area contributed by atoms with Gasteiger partial charge in [0.1, 0.15) is 5.82 Å². The van der Waals surface area contributed by atoms with Crippen molar-refractivity contribution in [3.8, 4) is 0 Å². The Morgan fingerprint density at radius 1 is 1.50 bits per heavy atom. The Labute approximate surface area is 102 Å². The number of alkyl halides is 1. The molecule has 1 aromatic carbocycles. The van der Waals surface area contributed by atoms with E-state index >= 15 is 0 Å². The number of carbonyl (C=O) groups is 1. The normalized spacial score (nSPS) is 16.9. The van der Waals surface area contributed by atoms with Crippen molar-refractivity contribution in [1.82, 2.24) is 5.32 Å². The molecule has 16 heavy (non-hydrogen) atoms. The number of hydrogen-bond donors (Lipinski definition) is 1. The van der Waals surface area contributed by atoms with Crippen molar-refractivity contribution in [2.75, 3.05) is 5.33 Å². The van der Waals surface area contributed by atoms with Gasteiger partial charge in [-0.05, 0) is 43.5 Å². The summed E-state index contributed by atoms with van der Waals surface area (Å²) in [6.07, 6.45) is 1.97. The molecule has 0 unspecified atom stereocenters. The molecule has 0 saturated heterocycles. The predicted molar refractivity (Wildman–Crippen MR) is 64.4 cm³/mol. The van der Waals surface area contributed by atoms with Gasteiger partial charge in [0.25, 0.3) is 5.91 Å². The minimum Gasteiger partial charge on any atom is -0.346 e. The Bertz CT molecular complexity index is 409. The van der Waals surface area contributed by atoms with Crippen molar-refractivity contribution in [3.05, 3.63) is 35.1 Å². The maximum Gasteiger partial charge on any atom is 0.251 e. The van der Waals surface area contributed by atoms with Crippen LogP contribution in [0.1, 0.15) is 28.8 Å². The van der Waals surface area contributed by atoms with Crippen LogP contribution in [-0.4, -0.2) is 16.8 Å². The molecule has 0 heterocycles. The molecule has 2 nitrogen and oxygen atoms in total. The van der Waals surface area contributed by atoms with Gasteiger partial charge in [0.2, 0.25) is 0 Å². The first-order chi connectivity index (χ1) is 7.54. The lowest BCUT2D eigenvalue weighted by Gasteiger charge is -2.14. The summed E-state index contributed by atoms with van der Waals surface area (Å²) in [5, 5.41) is 3.69. The third-order valence-electron chi connectivity index (χ3n) is 2.79. The van der Waals surface area contributed by atoms with Gasteiger partial charge in [0.05, 0.1) is 5.54 Å². The van der Waals surface area contributed by atoms with Crippen molar-refractivity contribution in [3.63, 3.8) is 0 Å². The highest BCUT2D eigenvalue weighted by molar-refractivity contribution is 9.09. The van der Waals surface area contributed by atoms with E-state index in [-0.39, 0.29) is 17.3 Å². The third kappa shape index (κ3) is 2.43. The second-order valence-electron chi connectivity index (χ2n) is 4.39. The van der Waals surface area contributed by atoms with E-state index in [0.29, 0.717) is 5.56 Å². The number of aryl methyl sites for hydroxylation is 1. The molecule has 0 bridgehead atoms. The van der Waals surface area contributed by atoms with Gasteiger partial charge in [-0.15, -0.1) is 0 Å². The molecule has 1 N–H and O–H groups in total. The predicted octanol–water partition coefficient (Wildman–Crippen LogP) is 2.79. The fraction of sp³-hybridized carbons (Fsp3) is 0.417. The average Bonchev–Trinajstić information content (AvgIpc) is 2.97. The Morgan fingerprint density at radius 2 is 2.19 bits per heavy atom. The molecule has 1 aromatic rings. The summed E-state index contributed by atoms with van der Waals surface area (Å²) >= 11 is 3.37. The summed E-state index contributed by atoms with van der Waals surface area (Å²) in [5.41, 5.74) is 1.05. The lowest BCUT2D eigenvalue weighted by atomic mass is 10.1. The standard InChI is InChI=1S/C12H13BrFNO/c1-8-4-9(6-10(14)5-8)11(16)15-12(7-13)2-3-12/h4-6H,2-3,7H2,1H3,(H,15,16). The lowest BCUT2D eigenvalue weighted by Crippen LogP contribution is -2.38. The van der Waals surface area contributed by atoms with Gasteiger partial charge in [-0.3, -0.25) is 4.79 Å². The zero-order chi connectivity index (χ0) is 11.8. The van der Waals surface area contributed by atoms with Crippen molar-refractivity contribution in [2.24, 2.45) is 0 Å². The molecule has 1 amide bonds. The van der Waals surface area contributed by atoms with E-state index in [0.717, 1.165) is 23.7 Å². The van der Waals surface area contributed by atoms with Crippen LogP contribution in [0, 0.1) is 12.7 Å². The van der Waals surface area contributed by atoms with Gasteiger partial charge in [0, 0.05) is 10.9 Å². The summed E-state index contributed by atoms with van der Waals surface area (Å²) < 4.78 is 13.1. The summed E-state index contributed by atoms with van der Waals surface area (Å²) in [4.78, 5) is 11.9. The van der Waals surface area contributed by atoms with E-state index in [1.807, 2.05) is 0 Å². The van der Waals surface area contributed by atoms with E-state index in [1.54, 1.807) is 13.0 Å². The number of halogens is 2. The maximum atomic E-state index is 13.1. The van der Waals surface area contributed by atoms with Crippen LogP contribution >= 0.6 is 15.9 Å². The van der Waals surface area contributed by atoms with E-state index in [2.05, 4.69) is 21.2 Å². The van der Waals surface area contributed by atoms with Gasteiger partial charge in [-0.2, -0.15) is 0 Å². The first kappa shape index (κ1) is 11.6. The number of rotatable bonds is 3. The SMILES string of the molecule is Cc1cc(F)cc(C(=O)NC2(CBr)CC2)c1. The highest BCUT2D eigenvalue weighted by atomic mass is 79.9. The monoisotopic (exact) mass is 285 g/mol. The Balaban J connectivity index is 2.14. The first-order valence-electron chi connectivity index (χ1n) is 5.20. The number of benzene rings is 1. The fourth-order valence-electron chi connectivity index (χ4n) is 1.62. The van der Waals surface area contributed by atoms with E-state index < -0.39 is 0 Å². The molecule has 0 atom stereocenters. The number of amides is 1. The van der Waals surface area contributed by atoms with Crippen LogP contribution in [0.25, 0.3) is 0 Å². The average molecular weight is 286 g/mol. The van der Waals surface area contributed by atoms with Gasteiger partial charge in [-0.1, -0.05) is 15.9 Å². The smallest absolute Gasteiger partial charge is 0.251 e. The van der Waals surface area contributed by atoms with Crippen molar-refractivity contribution in [2.45, 2.75) is 25.3 Å². The highest BCUT2D eigenvalue weighted by Crippen LogP contribution is 2.37. The van der Waals surface area contributed by atoms with E-state index in [4.69, 9.17) is 0 Å². The summed E-state index contributed by atoms with van der Waals surface area (Å²) in [7, 11) is 0. The van der Waals surface area contributed by atoms with Crippen molar-refractivity contribution in [1.29, 1.82) is 0 Å². The topological polar surface area (TPSA) is 29.1 Å². The summed E-state index contributed by atoms with van der Waals surface area (Å²) in [5.74, 6) is -0.562. The van der Waals surface area contributed by atoms with Crippen LogP contribution in [0.15, 0.2) is 18.2 Å². The van der Waals surface area contributed by atoms with Gasteiger partial charge in [-0.25, -0.2) is 4.39 Å². The largest absolute Gasteiger partial charge is 0.346 e. The highest BCUT2D eigenvalue weighted by Gasteiger charge is 2.42. The molecule has 4 heteroatoms. The zero-order valence-corrected chi connectivity index (χ0v) is 10.6.